The van der Waals surface area contributed by atoms with E-state index < -0.39 is 17.7 Å². The summed E-state index contributed by atoms with van der Waals surface area (Å²) in [5.41, 5.74) is 3.33. The maximum absolute atomic E-state index is 12.4. The van der Waals surface area contributed by atoms with Crippen LogP contribution < -0.4 is 0 Å². The first-order chi connectivity index (χ1) is 15.6. The fourth-order valence-electron chi connectivity index (χ4n) is 3.73. The molecular weight excluding hydrogens is 461 g/mol. The van der Waals surface area contributed by atoms with Crippen molar-refractivity contribution in [1.82, 2.24) is 14.6 Å². The van der Waals surface area contributed by atoms with Gasteiger partial charge in [-0.1, -0.05) is 65.7 Å². The lowest BCUT2D eigenvalue weighted by Crippen LogP contribution is -2.29. The summed E-state index contributed by atoms with van der Waals surface area (Å²) in [6.45, 7) is 7.17. The fraction of sp³-hybridized carbons (Fsp3) is 0.240. The minimum atomic E-state index is -1.30. The largest absolute Gasteiger partial charge is 0.479 e. The summed E-state index contributed by atoms with van der Waals surface area (Å²) in [7, 11) is 0. The summed E-state index contributed by atoms with van der Waals surface area (Å²) in [6.07, 6.45) is -1.30. The van der Waals surface area contributed by atoms with Crippen molar-refractivity contribution in [3.8, 4) is 22.5 Å². The van der Waals surface area contributed by atoms with Crippen LogP contribution in [-0.2, 0) is 9.53 Å². The van der Waals surface area contributed by atoms with Gasteiger partial charge in [0.05, 0.1) is 27.0 Å². The lowest BCUT2D eigenvalue weighted by atomic mass is 9.98. The van der Waals surface area contributed by atoms with E-state index in [1.807, 2.05) is 36.4 Å². The van der Waals surface area contributed by atoms with Crippen LogP contribution in [0.1, 0.15) is 38.1 Å². The standard InChI is InChI=1S/C25H23Cl2N3O3/c1-14-20(23(24(31)32)33-25(2,3)4)22(16-11-8-12-17(26)21(16)27)30-19(28-14)13-18(29-30)15-9-6-5-7-10-15/h5-13,23H,1-4H3,(H,31,32). The molecular formula is C25H23Cl2N3O3. The number of aliphatic carboxylic acids is 1. The van der Waals surface area contributed by atoms with Gasteiger partial charge in [0.15, 0.2) is 11.8 Å². The molecule has 0 amide bonds. The average Bonchev–Trinajstić information content (AvgIpc) is 3.17. The van der Waals surface area contributed by atoms with Crippen LogP contribution in [-0.4, -0.2) is 31.3 Å². The molecule has 4 rings (SSSR count). The molecule has 0 aliphatic heterocycles. The van der Waals surface area contributed by atoms with Gasteiger partial charge in [-0.25, -0.2) is 14.3 Å². The van der Waals surface area contributed by atoms with Crippen LogP contribution in [0.15, 0.2) is 54.6 Å². The molecule has 1 unspecified atom stereocenters. The van der Waals surface area contributed by atoms with E-state index in [1.165, 1.54) is 0 Å². The average molecular weight is 484 g/mol. The number of fused-ring (bicyclic) bond motifs is 1. The van der Waals surface area contributed by atoms with Crippen molar-refractivity contribution in [3.63, 3.8) is 0 Å². The quantitative estimate of drug-likeness (QED) is 0.345. The lowest BCUT2D eigenvalue weighted by Gasteiger charge is -2.27. The zero-order chi connectivity index (χ0) is 23.9. The Bertz CT molecular complexity index is 1340. The SMILES string of the molecule is Cc1nc2cc(-c3ccccc3)nn2c(-c2cccc(Cl)c2Cl)c1C(OC(C)(C)C)C(=O)O. The maximum Gasteiger partial charge on any atom is 0.337 e. The van der Waals surface area contributed by atoms with Crippen molar-refractivity contribution >= 4 is 34.8 Å². The molecule has 33 heavy (non-hydrogen) atoms. The molecule has 6 nitrogen and oxygen atoms in total. The molecule has 0 aliphatic rings. The second kappa shape index (κ2) is 8.78. The minimum Gasteiger partial charge on any atom is -0.479 e. The number of hydrogen-bond donors (Lipinski definition) is 1. The Kier molecular flexibility index (Phi) is 6.18. The smallest absolute Gasteiger partial charge is 0.337 e. The third-order valence-electron chi connectivity index (χ3n) is 5.06. The highest BCUT2D eigenvalue weighted by atomic mass is 35.5. The van der Waals surface area contributed by atoms with E-state index in [1.54, 1.807) is 50.4 Å². The molecule has 0 spiro atoms. The first kappa shape index (κ1) is 23.2. The van der Waals surface area contributed by atoms with Crippen molar-refractivity contribution in [2.75, 3.05) is 0 Å². The predicted molar refractivity (Wildman–Crippen MR) is 130 cm³/mol. The van der Waals surface area contributed by atoms with Gasteiger partial charge in [0.2, 0.25) is 0 Å². The third-order valence-corrected chi connectivity index (χ3v) is 5.88. The number of ether oxygens (including phenoxy) is 1. The van der Waals surface area contributed by atoms with Crippen molar-refractivity contribution in [2.24, 2.45) is 0 Å². The van der Waals surface area contributed by atoms with Crippen molar-refractivity contribution < 1.29 is 14.6 Å². The van der Waals surface area contributed by atoms with E-state index >= 15 is 0 Å². The Morgan fingerprint density at radius 1 is 1.09 bits per heavy atom. The number of rotatable bonds is 5. The Morgan fingerprint density at radius 3 is 2.42 bits per heavy atom. The van der Waals surface area contributed by atoms with Gasteiger partial charge < -0.3 is 9.84 Å². The van der Waals surface area contributed by atoms with Gasteiger partial charge in [-0.15, -0.1) is 0 Å². The predicted octanol–water partition coefficient (Wildman–Crippen LogP) is 6.62. The number of carbonyl (C=O) groups is 1. The first-order valence-corrected chi connectivity index (χ1v) is 11.1. The van der Waals surface area contributed by atoms with E-state index in [-0.39, 0.29) is 0 Å². The first-order valence-electron chi connectivity index (χ1n) is 10.4. The molecule has 0 aliphatic carbocycles. The highest BCUT2D eigenvalue weighted by molar-refractivity contribution is 6.43. The van der Waals surface area contributed by atoms with Crippen LogP contribution in [0.2, 0.25) is 10.0 Å². The number of halogens is 2. The molecule has 2 aromatic carbocycles. The monoisotopic (exact) mass is 483 g/mol. The molecule has 2 aromatic heterocycles. The second-order valence-corrected chi connectivity index (χ2v) is 9.46. The molecule has 2 heterocycles. The van der Waals surface area contributed by atoms with Crippen LogP contribution in [0, 0.1) is 6.92 Å². The van der Waals surface area contributed by atoms with E-state index in [0.717, 1.165) is 5.56 Å². The zero-order valence-corrected chi connectivity index (χ0v) is 20.1. The van der Waals surface area contributed by atoms with Crippen LogP contribution >= 0.6 is 23.2 Å². The summed E-state index contributed by atoms with van der Waals surface area (Å²) in [6, 6.07) is 16.8. The molecule has 0 saturated carbocycles. The van der Waals surface area contributed by atoms with Crippen LogP contribution in [0.5, 0.6) is 0 Å². The van der Waals surface area contributed by atoms with Gasteiger partial charge in [-0.2, -0.15) is 5.10 Å². The number of benzene rings is 2. The highest BCUT2D eigenvalue weighted by Crippen LogP contribution is 2.40. The van der Waals surface area contributed by atoms with Gasteiger partial charge in [-0.05, 0) is 33.8 Å². The third kappa shape index (κ3) is 4.60. The summed E-state index contributed by atoms with van der Waals surface area (Å²) in [4.78, 5) is 17.1. The van der Waals surface area contributed by atoms with Gasteiger partial charge in [0.1, 0.15) is 0 Å². The summed E-state index contributed by atoms with van der Waals surface area (Å²) in [5, 5.41) is 15.5. The van der Waals surface area contributed by atoms with E-state index in [0.29, 0.717) is 43.9 Å². The molecule has 0 saturated heterocycles. The molecule has 1 N–H and O–H groups in total. The maximum atomic E-state index is 12.4. The van der Waals surface area contributed by atoms with Crippen LogP contribution in [0.4, 0.5) is 0 Å². The number of carboxylic acid groups (broad SMARTS) is 1. The zero-order valence-electron chi connectivity index (χ0n) is 18.6. The number of carboxylic acids is 1. The number of aryl methyl sites for hydroxylation is 1. The Morgan fingerprint density at radius 2 is 1.79 bits per heavy atom. The Balaban J connectivity index is 2.09. The number of nitrogens with zero attached hydrogens (tertiary/aromatic N) is 3. The van der Waals surface area contributed by atoms with Crippen LogP contribution in [0.3, 0.4) is 0 Å². The van der Waals surface area contributed by atoms with Gasteiger partial charge in [-0.3, -0.25) is 0 Å². The van der Waals surface area contributed by atoms with Crippen LogP contribution in [0.25, 0.3) is 28.2 Å². The van der Waals surface area contributed by atoms with Crippen molar-refractivity contribution in [3.05, 3.63) is 75.9 Å². The van der Waals surface area contributed by atoms with Crippen molar-refractivity contribution in [2.45, 2.75) is 39.4 Å². The van der Waals surface area contributed by atoms with E-state index in [2.05, 4.69) is 4.98 Å². The van der Waals surface area contributed by atoms with E-state index in [9.17, 15) is 9.90 Å². The number of aromatic nitrogens is 3. The second-order valence-electron chi connectivity index (χ2n) is 8.67. The summed E-state index contributed by atoms with van der Waals surface area (Å²) < 4.78 is 7.60. The Hall–Kier alpha value is -2.93. The lowest BCUT2D eigenvalue weighted by molar-refractivity contribution is -0.160. The van der Waals surface area contributed by atoms with Gasteiger partial charge in [0, 0.05) is 28.5 Å². The number of hydrogen-bond acceptors (Lipinski definition) is 4. The topological polar surface area (TPSA) is 76.7 Å². The molecule has 0 radical (unpaired) electrons. The molecule has 8 heteroatoms. The molecule has 1 atom stereocenters. The Labute approximate surface area is 201 Å². The van der Waals surface area contributed by atoms with E-state index in [4.69, 9.17) is 33.0 Å². The molecule has 0 fully saturated rings. The molecule has 170 valence electrons. The summed E-state index contributed by atoms with van der Waals surface area (Å²) >= 11 is 12.9. The fourth-order valence-corrected chi connectivity index (χ4v) is 4.12. The van der Waals surface area contributed by atoms with Gasteiger partial charge >= 0.3 is 5.97 Å². The highest BCUT2D eigenvalue weighted by Gasteiger charge is 2.33. The normalized spacial score (nSPS) is 12.8. The molecule has 4 aromatic rings. The molecule has 0 bridgehead atoms. The minimum absolute atomic E-state index is 0.295. The van der Waals surface area contributed by atoms with Crippen molar-refractivity contribution in [1.29, 1.82) is 0 Å². The van der Waals surface area contributed by atoms with Gasteiger partial charge in [0.25, 0.3) is 0 Å². The summed E-state index contributed by atoms with van der Waals surface area (Å²) in [5.74, 6) is -1.14.